The van der Waals surface area contributed by atoms with Crippen LogP contribution in [0.25, 0.3) is 0 Å². The monoisotopic (exact) mass is 363 g/mol. The highest BCUT2D eigenvalue weighted by atomic mass is 35.5. The van der Waals surface area contributed by atoms with E-state index in [1.54, 1.807) is 11.3 Å². The number of anilines is 1. The molecule has 1 saturated heterocycles. The number of rotatable bonds is 4. The molecule has 0 spiro atoms. The maximum absolute atomic E-state index is 12.6. The van der Waals surface area contributed by atoms with Gasteiger partial charge in [-0.25, -0.2) is 0 Å². The zero-order valence-electron chi connectivity index (χ0n) is 14.0. The number of amides is 1. The zero-order chi connectivity index (χ0) is 17.1. The molecular weight excluding hydrogens is 342 g/mol. The van der Waals surface area contributed by atoms with Gasteiger partial charge in [-0.3, -0.25) is 9.69 Å². The number of carbonyl (C=O) groups excluding carboxylic acids is 1. The number of hydrogen-bond acceptors (Lipinski definition) is 4. The van der Waals surface area contributed by atoms with Gasteiger partial charge in [0.05, 0.1) is 4.34 Å². The molecule has 2 heterocycles. The summed E-state index contributed by atoms with van der Waals surface area (Å²) in [6.07, 6.45) is 0. The summed E-state index contributed by atoms with van der Waals surface area (Å²) >= 11 is 7.61. The molecule has 0 unspecified atom stereocenters. The minimum Gasteiger partial charge on any atom is -0.378 e. The number of thiophene rings is 1. The zero-order valence-corrected chi connectivity index (χ0v) is 15.6. The molecule has 1 fully saturated rings. The van der Waals surface area contributed by atoms with Gasteiger partial charge in [-0.2, -0.15) is 0 Å². The lowest BCUT2D eigenvalue weighted by Gasteiger charge is -2.34. The third-order valence-corrected chi connectivity index (χ3v) is 5.51. The third-order valence-electron chi connectivity index (χ3n) is 4.30. The maximum Gasteiger partial charge on any atom is 0.253 e. The predicted molar refractivity (Wildman–Crippen MR) is 101 cm³/mol. The van der Waals surface area contributed by atoms with Crippen molar-refractivity contribution in [2.45, 2.75) is 6.54 Å². The van der Waals surface area contributed by atoms with Crippen molar-refractivity contribution in [3.05, 3.63) is 51.2 Å². The van der Waals surface area contributed by atoms with Crippen molar-refractivity contribution in [3.8, 4) is 0 Å². The highest BCUT2D eigenvalue weighted by Gasteiger charge is 2.22. The smallest absolute Gasteiger partial charge is 0.253 e. The van der Waals surface area contributed by atoms with Gasteiger partial charge in [-0.1, -0.05) is 11.6 Å². The summed E-state index contributed by atoms with van der Waals surface area (Å²) in [5.41, 5.74) is 1.87. The molecule has 1 aromatic carbocycles. The Balaban J connectivity index is 1.54. The van der Waals surface area contributed by atoms with Crippen molar-refractivity contribution >= 4 is 34.5 Å². The van der Waals surface area contributed by atoms with Gasteiger partial charge < -0.3 is 9.80 Å². The molecule has 6 heteroatoms. The van der Waals surface area contributed by atoms with Crippen LogP contribution < -0.4 is 4.90 Å². The van der Waals surface area contributed by atoms with Crippen LogP contribution in [-0.4, -0.2) is 56.0 Å². The average molecular weight is 364 g/mol. The van der Waals surface area contributed by atoms with E-state index < -0.39 is 0 Å². The van der Waals surface area contributed by atoms with Gasteiger partial charge in [0, 0.05) is 62.9 Å². The molecule has 4 nitrogen and oxygen atoms in total. The van der Waals surface area contributed by atoms with Crippen LogP contribution in [-0.2, 0) is 6.54 Å². The Morgan fingerprint density at radius 2 is 1.75 bits per heavy atom. The average Bonchev–Trinajstić information content (AvgIpc) is 3.00. The molecule has 1 aliphatic rings. The van der Waals surface area contributed by atoms with Crippen LogP contribution in [0.2, 0.25) is 4.34 Å². The van der Waals surface area contributed by atoms with E-state index in [0.717, 1.165) is 48.3 Å². The molecule has 0 N–H and O–H groups in total. The van der Waals surface area contributed by atoms with Crippen LogP contribution in [0, 0.1) is 0 Å². The molecule has 0 bridgehead atoms. The second kappa shape index (κ2) is 7.55. The summed E-state index contributed by atoms with van der Waals surface area (Å²) in [6, 6.07) is 11.8. The van der Waals surface area contributed by atoms with E-state index in [4.69, 9.17) is 11.6 Å². The fourth-order valence-corrected chi connectivity index (χ4v) is 3.98. The Morgan fingerprint density at radius 1 is 1.08 bits per heavy atom. The van der Waals surface area contributed by atoms with Crippen LogP contribution in [0.15, 0.2) is 36.4 Å². The quantitative estimate of drug-likeness (QED) is 0.832. The number of nitrogens with zero attached hydrogens (tertiary/aromatic N) is 3. The second-order valence-corrected chi connectivity index (χ2v) is 8.02. The summed E-state index contributed by atoms with van der Waals surface area (Å²) in [6.45, 7) is 4.26. The molecule has 0 aliphatic carbocycles. The van der Waals surface area contributed by atoms with Crippen molar-refractivity contribution in [2.75, 3.05) is 45.2 Å². The summed E-state index contributed by atoms with van der Waals surface area (Å²) in [5, 5.41) is 0. The Hall–Kier alpha value is -1.56. The highest BCUT2D eigenvalue weighted by Crippen LogP contribution is 2.23. The predicted octanol–water partition coefficient (Wildman–Crippen LogP) is 3.43. The molecule has 128 valence electrons. The summed E-state index contributed by atoms with van der Waals surface area (Å²) in [4.78, 5) is 20.3. The fraction of sp³-hybridized carbons (Fsp3) is 0.389. The number of halogens is 1. The minimum atomic E-state index is 0.124. The van der Waals surface area contributed by atoms with Crippen LogP contribution in [0.5, 0.6) is 0 Å². The van der Waals surface area contributed by atoms with Crippen molar-refractivity contribution < 1.29 is 4.79 Å². The molecule has 0 atom stereocenters. The Kier molecular flexibility index (Phi) is 5.43. The summed E-state index contributed by atoms with van der Waals surface area (Å²) in [7, 11) is 3.99. The van der Waals surface area contributed by atoms with E-state index in [0.29, 0.717) is 0 Å². The Labute approximate surface area is 152 Å². The van der Waals surface area contributed by atoms with Gasteiger partial charge in [-0.15, -0.1) is 11.3 Å². The standard InChI is InChI=1S/C18H22ClN3OS/c1-20(2)15-5-3-14(4-6-15)18(23)22-11-9-21(10-12-22)13-16-7-8-17(19)24-16/h3-8H,9-13H2,1-2H3. The van der Waals surface area contributed by atoms with Gasteiger partial charge in [0.2, 0.25) is 0 Å². The molecule has 3 rings (SSSR count). The number of carbonyl (C=O) groups is 1. The Morgan fingerprint density at radius 3 is 2.29 bits per heavy atom. The van der Waals surface area contributed by atoms with Crippen molar-refractivity contribution in [3.63, 3.8) is 0 Å². The molecule has 0 radical (unpaired) electrons. The molecule has 1 aromatic heterocycles. The third kappa shape index (κ3) is 4.09. The summed E-state index contributed by atoms with van der Waals surface area (Å²) in [5.74, 6) is 0.124. The van der Waals surface area contributed by atoms with E-state index in [2.05, 4.69) is 11.0 Å². The first-order valence-electron chi connectivity index (χ1n) is 8.06. The van der Waals surface area contributed by atoms with Crippen LogP contribution >= 0.6 is 22.9 Å². The largest absolute Gasteiger partial charge is 0.378 e. The number of benzene rings is 1. The van der Waals surface area contributed by atoms with Gasteiger partial charge in [0.1, 0.15) is 0 Å². The molecular formula is C18H22ClN3OS. The van der Waals surface area contributed by atoms with Crippen LogP contribution in [0.4, 0.5) is 5.69 Å². The van der Waals surface area contributed by atoms with Gasteiger partial charge in [-0.05, 0) is 36.4 Å². The van der Waals surface area contributed by atoms with E-state index in [9.17, 15) is 4.79 Å². The van der Waals surface area contributed by atoms with E-state index >= 15 is 0 Å². The second-order valence-electron chi connectivity index (χ2n) is 6.22. The SMILES string of the molecule is CN(C)c1ccc(C(=O)N2CCN(Cc3ccc(Cl)s3)CC2)cc1. The lowest BCUT2D eigenvalue weighted by molar-refractivity contribution is 0.0629. The first-order valence-corrected chi connectivity index (χ1v) is 9.25. The normalized spacial score (nSPS) is 15.5. The highest BCUT2D eigenvalue weighted by molar-refractivity contribution is 7.16. The molecule has 1 amide bonds. The lowest BCUT2D eigenvalue weighted by Crippen LogP contribution is -2.48. The van der Waals surface area contributed by atoms with Crippen molar-refractivity contribution in [1.29, 1.82) is 0 Å². The first-order chi connectivity index (χ1) is 11.5. The maximum atomic E-state index is 12.6. The van der Waals surface area contributed by atoms with Crippen molar-refractivity contribution in [2.24, 2.45) is 0 Å². The molecule has 0 saturated carbocycles. The van der Waals surface area contributed by atoms with E-state index in [1.165, 1.54) is 4.88 Å². The Bertz CT molecular complexity index is 691. The first kappa shape index (κ1) is 17.3. The minimum absolute atomic E-state index is 0.124. The van der Waals surface area contributed by atoms with Gasteiger partial charge >= 0.3 is 0 Å². The van der Waals surface area contributed by atoms with Gasteiger partial charge in [0.25, 0.3) is 5.91 Å². The summed E-state index contributed by atoms with van der Waals surface area (Å²) < 4.78 is 0.833. The number of hydrogen-bond donors (Lipinski definition) is 0. The van der Waals surface area contributed by atoms with Crippen LogP contribution in [0.3, 0.4) is 0 Å². The lowest BCUT2D eigenvalue weighted by atomic mass is 10.1. The fourth-order valence-electron chi connectivity index (χ4n) is 2.85. The topological polar surface area (TPSA) is 26.8 Å². The van der Waals surface area contributed by atoms with E-state index in [-0.39, 0.29) is 5.91 Å². The van der Waals surface area contributed by atoms with Crippen LogP contribution in [0.1, 0.15) is 15.2 Å². The molecule has 2 aromatic rings. The van der Waals surface area contributed by atoms with E-state index in [1.807, 2.05) is 54.2 Å². The molecule has 24 heavy (non-hydrogen) atoms. The number of piperazine rings is 1. The van der Waals surface area contributed by atoms with Gasteiger partial charge in [0.15, 0.2) is 0 Å². The molecule has 1 aliphatic heterocycles. The van der Waals surface area contributed by atoms with Crippen molar-refractivity contribution in [1.82, 2.24) is 9.80 Å².